The molecule has 1 aromatic rings. The molecule has 0 atom stereocenters. The van der Waals surface area contributed by atoms with E-state index < -0.39 is 11.9 Å². The Bertz CT molecular complexity index is 543. The lowest BCUT2D eigenvalue weighted by Gasteiger charge is -2.11. The second-order valence-corrected chi connectivity index (χ2v) is 4.77. The Labute approximate surface area is 117 Å². The first-order valence-corrected chi connectivity index (χ1v) is 6.27. The Morgan fingerprint density at radius 3 is 2.74 bits per heavy atom. The second kappa shape index (κ2) is 5.40. The molecule has 1 heterocycles. The first-order chi connectivity index (χ1) is 9.02. The molecule has 1 saturated heterocycles. The summed E-state index contributed by atoms with van der Waals surface area (Å²) in [5.74, 6) is -0.105. The third-order valence-corrected chi connectivity index (χ3v) is 3.33. The van der Waals surface area contributed by atoms with Crippen LogP contribution in [0.2, 0.25) is 0 Å². The lowest BCUT2D eigenvalue weighted by molar-refractivity contribution is -0.124. The number of ether oxygens (including phenoxy) is 1. The molecule has 0 aromatic heterocycles. The van der Waals surface area contributed by atoms with Crippen molar-refractivity contribution in [3.05, 3.63) is 28.2 Å². The Morgan fingerprint density at radius 1 is 1.47 bits per heavy atom. The minimum Gasteiger partial charge on any atom is -0.496 e. The van der Waals surface area contributed by atoms with Gasteiger partial charge in [-0.3, -0.25) is 14.5 Å². The van der Waals surface area contributed by atoms with Crippen molar-refractivity contribution in [2.45, 2.75) is 0 Å². The molecule has 7 heteroatoms. The smallest absolute Gasteiger partial charge is 0.325 e. The molecule has 0 saturated carbocycles. The summed E-state index contributed by atoms with van der Waals surface area (Å²) in [4.78, 5) is 35.6. The fraction of sp³-hybridized carbons (Fsp3) is 0.250. The van der Waals surface area contributed by atoms with E-state index in [-0.39, 0.29) is 18.9 Å². The first kappa shape index (κ1) is 13.5. The first-order valence-electron chi connectivity index (χ1n) is 5.48. The SMILES string of the molecule is COc1ccc(C(=O)CN2C(=O)CNC2=O)cc1Br. The van der Waals surface area contributed by atoms with Crippen LogP contribution in [0.3, 0.4) is 0 Å². The highest BCUT2D eigenvalue weighted by atomic mass is 79.9. The van der Waals surface area contributed by atoms with Gasteiger partial charge in [-0.25, -0.2) is 4.79 Å². The number of nitrogens with one attached hydrogen (secondary N) is 1. The number of carbonyl (C=O) groups excluding carboxylic acids is 3. The van der Waals surface area contributed by atoms with Crippen LogP contribution >= 0.6 is 15.9 Å². The molecule has 1 N–H and O–H groups in total. The number of hydrogen-bond donors (Lipinski definition) is 1. The van der Waals surface area contributed by atoms with Crippen LogP contribution in [0.15, 0.2) is 22.7 Å². The minimum absolute atomic E-state index is 0.0571. The number of carbonyl (C=O) groups is 3. The Morgan fingerprint density at radius 2 is 2.21 bits per heavy atom. The maximum Gasteiger partial charge on any atom is 0.325 e. The van der Waals surface area contributed by atoms with Crippen LogP contribution in [0.5, 0.6) is 5.75 Å². The molecule has 3 amide bonds. The lowest BCUT2D eigenvalue weighted by Crippen LogP contribution is -2.35. The van der Waals surface area contributed by atoms with E-state index in [1.54, 1.807) is 18.2 Å². The topological polar surface area (TPSA) is 75.7 Å². The van der Waals surface area contributed by atoms with E-state index in [9.17, 15) is 14.4 Å². The predicted molar refractivity (Wildman–Crippen MR) is 70.1 cm³/mol. The highest BCUT2D eigenvalue weighted by Gasteiger charge is 2.30. The quantitative estimate of drug-likeness (QED) is 0.666. The molecular formula is C12H11BrN2O4. The normalized spacial score (nSPS) is 14.5. The van der Waals surface area contributed by atoms with Crippen LogP contribution in [0.4, 0.5) is 4.79 Å². The van der Waals surface area contributed by atoms with E-state index >= 15 is 0 Å². The van der Waals surface area contributed by atoms with Gasteiger partial charge >= 0.3 is 6.03 Å². The minimum atomic E-state index is -0.536. The van der Waals surface area contributed by atoms with Gasteiger partial charge in [0.2, 0.25) is 5.91 Å². The summed E-state index contributed by atoms with van der Waals surface area (Å²) in [5.41, 5.74) is 0.403. The molecule has 100 valence electrons. The van der Waals surface area contributed by atoms with Crippen molar-refractivity contribution in [2.24, 2.45) is 0 Å². The number of rotatable bonds is 4. The van der Waals surface area contributed by atoms with E-state index in [1.165, 1.54) is 7.11 Å². The third kappa shape index (κ3) is 2.76. The summed E-state index contributed by atoms with van der Waals surface area (Å²) in [6.45, 7) is -0.318. The van der Waals surface area contributed by atoms with E-state index in [4.69, 9.17) is 4.74 Å². The number of urea groups is 1. The van der Waals surface area contributed by atoms with Crippen molar-refractivity contribution in [3.63, 3.8) is 0 Å². The van der Waals surface area contributed by atoms with E-state index in [1.807, 2.05) is 0 Å². The molecule has 1 aliphatic rings. The van der Waals surface area contributed by atoms with Crippen molar-refractivity contribution in [3.8, 4) is 5.75 Å². The summed E-state index contributed by atoms with van der Waals surface area (Å²) in [6.07, 6.45) is 0. The van der Waals surface area contributed by atoms with Crippen LogP contribution in [-0.4, -0.2) is 42.8 Å². The average Bonchev–Trinajstić information content (AvgIpc) is 2.70. The summed E-state index contributed by atoms with van der Waals surface area (Å²) in [6, 6.07) is 4.29. The molecule has 0 unspecified atom stereocenters. The zero-order valence-corrected chi connectivity index (χ0v) is 11.7. The highest BCUT2D eigenvalue weighted by molar-refractivity contribution is 9.10. The maximum absolute atomic E-state index is 12.0. The Balaban J connectivity index is 2.14. The zero-order chi connectivity index (χ0) is 14.0. The van der Waals surface area contributed by atoms with Gasteiger partial charge in [-0.2, -0.15) is 0 Å². The summed E-state index contributed by atoms with van der Waals surface area (Å²) in [5, 5.41) is 2.36. The Kier molecular flexibility index (Phi) is 3.84. The van der Waals surface area contributed by atoms with Gasteiger partial charge in [-0.1, -0.05) is 0 Å². The van der Waals surface area contributed by atoms with Crippen LogP contribution in [0, 0.1) is 0 Å². The van der Waals surface area contributed by atoms with Crippen LogP contribution in [-0.2, 0) is 4.79 Å². The lowest BCUT2D eigenvalue weighted by atomic mass is 10.1. The Hall–Kier alpha value is -1.89. The van der Waals surface area contributed by atoms with Gasteiger partial charge < -0.3 is 10.1 Å². The fourth-order valence-electron chi connectivity index (χ4n) is 1.69. The van der Waals surface area contributed by atoms with Crippen molar-refractivity contribution in [2.75, 3.05) is 20.2 Å². The van der Waals surface area contributed by atoms with E-state index in [0.717, 1.165) is 4.90 Å². The number of imide groups is 1. The van der Waals surface area contributed by atoms with Gasteiger partial charge in [-0.15, -0.1) is 0 Å². The molecule has 1 fully saturated rings. The van der Waals surface area contributed by atoms with Gasteiger partial charge in [0, 0.05) is 5.56 Å². The van der Waals surface area contributed by atoms with Gasteiger partial charge in [0.25, 0.3) is 0 Å². The molecular weight excluding hydrogens is 316 g/mol. The number of ketones is 1. The average molecular weight is 327 g/mol. The highest BCUT2D eigenvalue weighted by Crippen LogP contribution is 2.25. The molecule has 19 heavy (non-hydrogen) atoms. The number of Topliss-reactive ketones (excluding diaryl/α,β-unsaturated/α-hetero) is 1. The molecule has 1 aliphatic heterocycles. The molecule has 0 radical (unpaired) electrons. The monoisotopic (exact) mass is 326 g/mol. The van der Waals surface area contributed by atoms with Crippen molar-refractivity contribution in [1.82, 2.24) is 10.2 Å². The number of hydrogen-bond acceptors (Lipinski definition) is 4. The fourth-order valence-corrected chi connectivity index (χ4v) is 2.23. The summed E-state index contributed by atoms with van der Waals surface area (Å²) in [7, 11) is 1.52. The van der Waals surface area contributed by atoms with Gasteiger partial charge in [0.15, 0.2) is 5.78 Å². The van der Waals surface area contributed by atoms with Crippen LogP contribution in [0.25, 0.3) is 0 Å². The standard InChI is InChI=1S/C12H11BrN2O4/c1-19-10-3-2-7(4-8(10)13)9(16)6-15-11(17)5-14-12(15)18/h2-4H,5-6H2,1H3,(H,14,18). The van der Waals surface area contributed by atoms with Gasteiger partial charge in [0.1, 0.15) is 5.75 Å². The zero-order valence-electron chi connectivity index (χ0n) is 10.1. The number of nitrogens with zero attached hydrogens (tertiary/aromatic N) is 1. The molecule has 2 rings (SSSR count). The van der Waals surface area contributed by atoms with Crippen molar-refractivity contribution < 1.29 is 19.1 Å². The van der Waals surface area contributed by atoms with Crippen LogP contribution in [0.1, 0.15) is 10.4 Å². The van der Waals surface area contributed by atoms with Crippen molar-refractivity contribution >= 4 is 33.7 Å². The summed E-state index contributed by atoms with van der Waals surface area (Å²) < 4.78 is 5.70. The van der Waals surface area contributed by atoms with Crippen LogP contribution < -0.4 is 10.1 Å². The number of halogens is 1. The molecule has 1 aromatic carbocycles. The maximum atomic E-state index is 12.0. The molecule has 0 bridgehead atoms. The van der Waals surface area contributed by atoms with Gasteiger partial charge in [-0.05, 0) is 34.1 Å². The van der Waals surface area contributed by atoms with Gasteiger partial charge in [0.05, 0.1) is 24.7 Å². The number of methoxy groups -OCH3 is 1. The van der Waals surface area contributed by atoms with E-state index in [2.05, 4.69) is 21.2 Å². The third-order valence-electron chi connectivity index (χ3n) is 2.71. The molecule has 6 nitrogen and oxygen atoms in total. The predicted octanol–water partition coefficient (Wildman–Crippen LogP) is 1.19. The number of amides is 3. The van der Waals surface area contributed by atoms with E-state index in [0.29, 0.717) is 15.8 Å². The summed E-state index contributed by atoms with van der Waals surface area (Å²) >= 11 is 3.27. The van der Waals surface area contributed by atoms with Crippen molar-refractivity contribution in [1.29, 1.82) is 0 Å². The molecule has 0 spiro atoms. The largest absolute Gasteiger partial charge is 0.496 e. The second-order valence-electron chi connectivity index (χ2n) is 3.91. The molecule has 0 aliphatic carbocycles. The number of benzene rings is 1.